The number of carbonyl (C=O) groups is 1. The van der Waals surface area contributed by atoms with Gasteiger partial charge in [0, 0.05) is 11.6 Å². The highest BCUT2D eigenvalue weighted by Gasteiger charge is 2.33. The number of likely N-dealkylation sites (N-methyl/N-ethyl adjacent to an activating group) is 1. The second-order valence-electron chi connectivity index (χ2n) is 6.35. The fourth-order valence-corrected chi connectivity index (χ4v) is 4.75. The zero-order valence-electron chi connectivity index (χ0n) is 15.8. The first-order chi connectivity index (χ1) is 13.9. The van der Waals surface area contributed by atoms with E-state index < -0.39 is 27.5 Å². The number of nitrogens with zero attached hydrogens (tertiary/aromatic N) is 1. The van der Waals surface area contributed by atoms with E-state index in [2.05, 4.69) is 5.32 Å². The largest absolute Gasteiger partial charge is 0.418 e. The monoisotopic (exact) mass is 482 g/mol. The molecule has 2 rings (SSSR count). The number of rotatable bonds is 8. The maximum Gasteiger partial charge on any atom is 0.418 e. The maximum absolute atomic E-state index is 13.1. The molecule has 2 aromatic carbocycles. The van der Waals surface area contributed by atoms with Crippen molar-refractivity contribution in [2.45, 2.75) is 18.0 Å². The van der Waals surface area contributed by atoms with E-state index in [-0.39, 0.29) is 39.5 Å². The summed E-state index contributed by atoms with van der Waals surface area (Å²) < 4.78 is 64.3. The molecule has 0 radical (unpaired) electrons. The van der Waals surface area contributed by atoms with Gasteiger partial charge in [-0.3, -0.25) is 9.69 Å². The molecule has 0 heterocycles. The summed E-state index contributed by atoms with van der Waals surface area (Å²) in [6.45, 7) is 1.72. The van der Waals surface area contributed by atoms with Crippen LogP contribution in [0.25, 0.3) is 0 Å². The third-order valence-electron chi connectivity index (χ3n) is 4.23. The molecule has 1 N–H and O–H groups in total. The van der Waals surface area contributed by atoms with Gasteiger partial charge in [-0.25, -0.2) is 8.42 Å². The van der Waals surface area contributed by atoms with Crippen LogP contribution >= 0.6 is 23.2 Å². The van der Waals surface area contributed by atoms with Crippen molar-refractivity contribution in [3.05, 3.63) is 58.1 Å². The van der Waals surface area contributed by atoms with Gasteiger partial charge in [0.1, 0.15) is 0 Å². The average molecular weight is 483 g/mol. The van der Waals surface area contributed by atoms with Crippen LogP contribution in [0, 0.1) is 0 Å². The number of benzene rings is 2. The number of hydrogen-bond donors (Lipinski definition) is 1. The number of amides is 1. The summed E-state index contributed by atoms with van der Waals surface area (Å²) in [6.07, 6.45) is -4.61. The predicted octanol–water partition coefficient (Wildman–Crippen LogP) is 4.75. The van der Waals surface area contributed by atoms with Gasteiger partial charge in [0.15, 0.2) is 9.84 Å². The maximum atomic E-state index is 13.1. The molecule has 0 fully saturated rings. The highest BCUT2D eigenvalue weighted by molar-refractivity contribution is 7.91. The molecule has 30 heavy (non-hydrogen) atoms. The van der Waals surface area contributed by atoms with Crippen LogP contribution in [0.2, 0.25) is 10.0 Å². The molecular formula is C19H19Cl2F3N2O3S. The van der Waals surface area contributed by atoms with Crippen molar-refractivity contribution >= 4 is 44.6 Å². The van der Waals surface area contributed by atoms with E-state index in [0.717, 1.165) is 12.1 Å². The van der Waals surface area contributed by atoms with Gasteiger partial charge >= 0.3 is 6.18 Å². The minimum absolute atomic E-state index is 0.0178. The fourth-order valence-electron chi connectivity index (χ4n) is 2.66. The Morgan fingerprint density at radius 3 is 2.43 bits per heavy atom. The molecule has 0 aromatic heterocycles. The Hall–Kier alpha value is -1.81. The molecule has 0 aliphatic carbocycles. The Bertz CT molecular complexity index is 1010. The van der Waals surface area contributed by atoms with Crippen molar-refractivity contribution < 1.29 is 26.4 Å². The van der Waals surface area contributed by atoms with Gasteiger partial charge < -0.3 is 5.32 Å². The zero-order chi connectivity index (χ0) is 22.5. The Kier molecular flexibility index (Phi) is 8.15. The molecule has 0 aliphatic heterocycles. The molecule has 164 valence electrons. The second kappa shape index (κ2) is 10.00. The minimum Gasteiger partial charge on any atom is -0.324 e. The van der Waals surface area contributed by atoms with E-state index in [1.807, 2.05) is 0 Å². The summed E-state index contributed by atoms with van der Waals surface area (Å²) >= 11 is 11.8. The quantitative estimate of drug-likeness (QED) is 0.589. The lowest BCUT2D eigenvalue weighted by Gasteiger charge is -2.21. The first kappa shape index (κ1) is 24.5. The molecule has 0 aliphatic rings. The smallest absolute Gasteiger partial charge is 0.324 e. The van der Waals surface area contributed by atoms with Crippen LogP contribution in [0.15, 0.2) is 47.4 Å². The third-order valence-corrected chi connectivity index (χ3v) is 6.63. The lowest BCUT2D eigenvalue weighted by molar-refractivity contribution is -0.137. The Labute approximate surface area is 182 Å². The molecular weight excluding hydrogens is 464 g/mol. The molecule has 0 spiro atoms. The van der Waals surface area contributed by atoms with E-state index in [1.54, 1.807) is 6.92 Å². The van der Waals surface area contributed by atoms with Crippen molar-refractivity contribution in [1.29, 1.82) is 0 Å². The van der Waals surface area contributed by atoms with E-state index in [0.29, 0.717) is 6.54 Å². The lowest BCUT2D eigenvalue weighted by atomic mass is 10.1. The summed E-state index contributed by atoms with van der Waals surface area (Å²) in [4.78, 5) is 13.6. The summed E-state index contributed by atoms with van der Waals surface area (Å²) in [7, 11) is -3.78. The Balaban J connectivity index is 2.04. The molecule has 0 bridgehead atoms. The number of sulfone groups is 1. The first-order valence-corrected chi connectivity index (χ1v) is 11.2. The van der Waals surface area contributed by atoms with E-state index >= 15 is 0 Å². The van der Waals surface area contributed by atoms with Crippen molar-refractivity contribution in [2.24, 2.45) is 0 Å². The van der Waals surface area contributed by atoms with Gasteiger partial charge in [-0.15, -0.1) is 0 Å². The van der Waals surface area contributed by atoms with Crippen molar-refractivity contribution in [1.82, 2.24) is 4.90 Å². The van der Waals surface area contributed by atoms with Gasteiger partial charge in [-0.1, -0.05) is 42.3 Å². The minimum atomic E-state index is -4.61. The molecule has 2 aromatic rings. The average Bonchev–Trinajstić information content (AvgIpc) is 2.66. The van der Waals surface area contributed by atoms with Crippen molar-refractivity contribution in [3.63, 3.8) is 0 Å². The zero-order valence-corrected chi connectivity index (χ0v) is 18.2. The standard InChI is InChI=1S/C19H19Cl2F3N2O3S/c1-2-26(9-10-30(28,29)17-11-13(20)7-8-15(17)21)12-18(27)25-16-6-4-3-5-14(16)19(22,23)24/h3-8,11H,2,9-10,12H2,1H3,(H,25,27). The van der Waals surface area contributed by atoms with E-state index in [9.17, 15) is 26.4 Å². The van der Waals surface area contributed by atoms with Crippen LogP contribution in [0.5, 0.6) is 0 Å². The predicted molar refractivity (Wildman–Crippen MR) is 111 cm³/mol. The van der Waals surface area contributed by atoms with Gasteiger partial charge in [-0.05, 0) is 36.9 Å². The summed E-state index contributed by atoms with van der Waals surface area (Å²) in [5, 5.41) is 2.49. The highest BCUT2D eigenvalue weighted by atomic mass is 35.5. The SMILES string of the molecule is CCN(CCS(=O)(=O)c1cc(Cl)ccc1Cl)CC(=O)Nc1ccccc1C(F)(F)F. The van der Waals surface area contributed by atoms with E-state index in [4.69, 9.17) is 23.2 Å². The molecule has 1 amide bonds. The molecule has 5 nitrogen and oxygen atoms in total. The van der Waals surface area contributed by atoms with Crippen LogP contribution in [0.3, 0.4) is 0 Å². The molecule has 0 atom stereocenters. The number of para-hydroxylation sites is 1. The summed E-state index contributed by atoms with van der Waals surface area (Å²) in [5.74, 6) is -1.03. The van der Waals surface area contributed by atoms with Crippen LogP contribution < -0.4 is 5.32 Å². The topological polar surface area (TPSA) is 66.5 Å². The van der Waals surface area contributed by atoms with Gasteiger partial charge in [0.05, 0.1) is 33.5 Å². The van der Waals surface area contributed by atoms with Gasteiger partial charge in [0.25, 0.3) is 0 Å². The van der Waals surface area contributed by atoms with Crippen LogP contribution in [-0.4, -0.2) is 44.6 Å². The van der Waals surface area contributed by atoms with Crippen LogP contribution in [-0.2, 0) is 20.8 Å². The molecule has 0 unspecified atom stereocenters. The summed E-state index contributed by atoms with van der Waals surface area (Å²) in [5.41, 5.74) is -1.32. The molecule has 0 saturated carbocycles. The Morgan fingerprint density at radius 1 is 1.13 bits per heavy atom. The lowest BCUT2D eigenvalue weighted by Crippen LogP contribution is -2.36. The highest BCUT2D eigenvalue weighted by Crippen LogP contribution is 2.34. The molecule has 0 saturated heterocycles. The van der Waals surface area contributed by atoms with Crippen LogP contribution in [0.4, 0.5) is 18.9 Å². The summed E-state index contributed by atoms with van der Waals surface area (Å²) in [6, 6.07) is 8.71. The fraction of sp³-hybridized carbons (Fsp3) is 0.316. The normalized spacial score (nSPS) is 12.2. The number of nitrogens with one attached hydrogen (secondary N) is 1. The number of alkyl halides is 3. The van der Waals surface area contributed by atoms with Crippen molar-refractivity contribution in [3.8, 4) is 0 Å². The third kappa shape index (κ3) is 6.60. The Morgan fingerprint density at radius 2 is 1.80 bits per heavy atom. The number of hydrogen-bond acceptors (Lipinski definition) is 4. The van der Waals surface area contributed by atoms with Gasteiger partial charge in [-0.2, -0.15) is 13.2 Å². The van der Waals surface area contributed by atoms with Crippen molar-refractivity contribution in [2.75, 3.05) is 30.7 Å². The van der Waals surface area contributed by atoms with Crippen LogP contribution in [0.1, 0.15) is 12.5 Å². The first-order valence-electron chi connectivity index (χ1n) is 8.80. The van der Waals surface area contributed by atoms with Gasteiger partial charge in [0.2, 0.25) is 5.91 Å². The number of carbonyl (C=O) groups excluding carboxylic acids is 1. The van der Waals surface area contributed by atoms with E-state index in [1.165, 1.54) is 35.2 Å². The molecule has 11 heteroatoms. The number of anilines is 1. The second-order valence-corrected chi connectivity index (χ2v) is 9.28. The number of halogens is 5.